The summed E-state index contributed by atoms with van der Waals surface area (Å²) >= 11 is 3.51. The van der Waals surface area contributed by atoms with Gasteiger partial charge in [0.25, 0.3) is 0 Å². The van der Waals surface area contributed by atoms with Crippen molar-refractivity contribution in [3.8, 4) is 0 Å². The van der Waals surface area contributed by atoms with Crippen molar-refractivity contribution in [3.05, 3.63) is 29.0 Å². The van der Waals surface area contributed by atoms with Gasteiger partial charge < -0.3 is 10.6 Å². The number of rotatable bonds is 5. The number of amides is 1. The van der Waals surface area contributed by atoms with Crippen LogP contribution in [0, 0.1) is 0 Å². The van der Waals surface area contributed by atoms with Crippen molar-refractivity contribution in [3.63, 3.8) is 0 Å². The van der Waals surface area contributed by atoms with E-state index in [9.17, 15) is 4.79 Å². The Bertz CT molecular complexity index is 615. The van der Waals surface area contributed by atoms with E-state index in [0.29, 0.717) is 13.0 Å². The van der Waals surface area contributed by atoms with E-state index in [-0.39, 0.29) is 11.9 Å². The number of carbonyl (C=O) groups is 1. The van der Waals surface area contributed by atoms with Gasteiger partial charge in [-0.05, 0) is 41.9 Å². The highest BCUT2D eigenvalue weighted by Gasteiger charge is 2.05. The van der Waals surface area contributed by atoms with E-state index in [1.165, 1.54) is 0 Å². The van der Waals surface area contributed by atoms with Crippen LogP contribution in [-0.2, 0) is 4.79 Å². The minimum absolute atomic E-state index is 0.0361. The van der Waals surface area contributed by atoms with Crippen molar-refractivity contribution in [1.82, 2.24) is 15.3 Å². The number of nitrogens with one attached hydrogen (secondary N) is 2. The molecule has 5 nitrogen and oxygen atoms in total. The van der Waals surface area contributed by atoms with E-state index < -0.39 is 0 Å². The Hall–Kier alpha value is -1.69. The summed E-state index contributed by atoms with van der Waals surface area (Å²) in [5.41, 5.74) is 0.816. The van der Waals surface area contributed by atoms with Gasteiger partial charge in [-0.15, -0.1) is 0 Å². The normalized spacial score (nSPS) is 10.8. The number of fused-ring (bicyclic) bond motifs is 1. The lowest BCUT2D eigenvalue weighted by atomic mass is 10.2. The average molecular weight is 337 g/mol. The molecule has 0 atom stereocenters. The molecule has 6 heteroatoms. The molecular formula is C14H17BrN4O. The summed E-state index contributed by atoms with van der Waals surface area (Å²) in [5, 5.41) is 7.02. The number of hydrogen-bond acceptors (Lipinski definition) is 4. The predicted octanol–water partition coefficient (Wildman–Crippen LogP) is 2.72. The molecular weight excluding hydrogens is 320 g/mol. The Labute approximate surface area is 126 Å². The van der Waals surface area contributed by atoms with Gasteiger partial charge in [-0.2, -0.15) is 0 Å². The quantitative estimate of drug-likeness (QED) is 0.880. The topological polar surface area (TPSA) is 66.9 Å². The van der Waals surface area contributed by atoms with Crippen molar-refractivity contribution in [1.29, 1.82) is 0 Å². The number of hydrogen-bond donors (Lipinski definition) is 2. The van der Waals surface area contributed by atoms with Gasteiger partial charge >= 0.3 is 0 Å². The van der Waals surface area contributed by atoms with Crippen molar-refractivity contribution >= 4 is 38.6 Å². The van der Waals surface area contributed by atoms with Crippen LogP contribution >= 0.6 is 15.9 Å². The summed E-state index contributed by atoms with van der Waals surface area (Å²) in [6.45, 7) is 4.43. The van der Waals surface area contributed by atoms with Gasteiger partial charge in [0.05, 0.1) is 11.7 Å². The van der Waals surface area contributed by atoms with E-state index in [4.69, 9.17) is 0 Å². The zero-order valence-corrected chi connectivity index (χ0v) is 13.1. The van der Waals surface area contributed by atoms with Gasteiger partial charge in [-0.25, -0.2) is 4.98 Å². The lowest BCUT2D eigenvalue weighted by Gasteiger charge is -2.10. The summed E-state index contributed by atoms with van der Waals surface area (Å²) in [6.07, 6.45) is 3.87. The molecule has 0 unspecified atom stereocenters. The van der Waals surface area contributed by atoms with Gasteiger partial charge in [0.2, 0.25) is 5.91 Å². The van der Waals surface area contributed by atoms with Gasteiger partial charge in [0, 0.05) is 35.1 Å². The van der Waals surface area contributed by atoms with Crippen LogP contribution in [0.1, 0.15) is 20.3 Å². The second-order valence-corrected chi connectivity index (χ2v) is 5.64. The molecule has 0 saturated carbocycles. The third-order valence-corrected chi connectivity index (χ3v) is 3.33. The fourth-order valence-electron chi connectivity index (χ4n) is 1.83. The van der Waals surface area contributed by atoms with Crippen LogP contribution in [0.25, 0.3) is 10.9 Å². The third kappa shape index (κ3) is 3.90. The molecule has 0 aliphatic carbocycles. The highest BCUT2D eigenvalue weighted by Crippen LogP contribution is 2.24. The van der Waals surface area contributed by atoms with E-state index in [2.05, 4.69) is 36.5 Å². The maximum absolute atomic E-state index is 11.5. The first-order chi connectivity index (χ1) is 9.56. The maximum atomic E-state index is 11.5. The third-order valence-electron chi connectivity index (χ3n) is 2.67. The SMILES string of the molecule is CC(C)NC(=O)CCNc1cc(Br)c2ccncc2n1. The molecule has 0 aliphatic heterocycles. The summed E-state index contributed by atoms with van der Waals surface area (Å²) in [4.78, 5) is 20.1. The summed E-state index contributed by atoms with van der Waals surface area (Å²) in [5.74, 6) is 0.767. The van der Waals surface area contributed by atoms with Crippen LogP contribution in [0.5, 0.6) is 0 Å². The van der Waals surface area contributed by atoms with E-state index >= 15 is 0 Å². The maximum Gasteiger partial charge on any atom is 0.221 e. The Balaban J connectivity index is 1.98. The zero-order chi connectivity index (χ0) is 14.5. The second-order valence-electron chi connectivity index (χ2n) is 4.78. The van der Waals surface area contributed by atoms with E-state index in [1.807, 2.05) is 26.0 Å². The number of pyridine rings is 2. The molecule has 0 aliphatic rings. The Morgan fingerprint density at radius 1 is 1.45 bits per heavy atom. The first-order valence-electron chi connectivity index (χ1n) is 6.50. The highest BCUT2D eigenvalue weighted by atomic mass is 79.9. The summed E-state index contributed by atoms with van der Waals surface area (Å²) in [7, 11) is 0. The minimum atomic E-state index is 0.0361. The minimum Gasteiger partial charge on any atom is -0.370 e. The molecule has 0 bridgehead atoms. The van der Waals surface area contributed by atoms with Crippen molar-refractivity contribution in [2.75, 3.05) is 11.9 Å². The highest BCUT2D eigenvalue weighted by molar-refractivity contribution is 9.10. The lowest BCUT2D eigenvalue weighted by Crippen LogP contribution is -2.31. The van der Waals surface area contributed by atoms with Crippen molar-refractivity contribution in [2.24, 2.45) is 0 Å². The van der Waals surface area contributed by atoms with Gasteiger partial charge in [0.15, 0.2) is 0 Å². The molecule has 20 heavy (non-hydrogen) atoms. The molecule has 2 N–H and O–H groups in total. The van der Waals surface area contributed by atoms with Gasteiger partial charge in [0.1, 0.15) is 5.82 Å². The first kappa shape index (κ1) is 14.7. The van der Waals surface area contributed by atoms with Gasteiger partial charge in [-0.1, -0.05) is 0 Å². The Morgan fingerprint density at radius 3 is 3.00 bits per heavy atom. The molecule has 106 valence electrons. The molecule has 2 aromatic rings. The molecule has 1 amide bonds. The standard InChI is InChI=1S/C14H17BrN4O/c1-9(2)18-14(20)4-6-17-13-7-11(15)10-3-5-16-8-12(10)19-13/h3,5,7-9H,4,6H2,1-2H3,(H,17,19)(H,18,20). The smallest absolute Gasteiger partial charge is 0.221 e. The molecule has 0 radical (unpaired) electrons. The summed E-state index contributed by atoms with van der Waals surface area (Å²) < 4.78 is 0.957. The average Bonchev–Trinajstić information content (AvgIpc) is 2.38. The van der Waals surface area contributed by atoms with E-state index in [0.717, 1.165) is 21.2 Å². The molecule has 0 saturated heterocycles. The monoisotopic (exact) mass is 336 g/mol. The van der Waals surface area contributed by atoms with Crippen LogP contribution in [0.3, 0.4) is 0 Å². The molecule has 0 aromatic carbocycles. The molecule has 0 spiro atoms. The van der Waals surface area contributed by atoms with E-state index in [1.54, 1.807) is 12.4 Å². The number of carbonyl (C=O) groups excluding carboxylic acids is 1. The largest absolute Gasteiger partial charge is 0.370 e. The first-order valence-corrected chi connectivity index (χ1v) is 7.29. The summed E-state index contributed by atoms with van der Waals surface area (Å²) in [6, 6.07) is 3.98. The van der Waals surface area contributed by atoms with Crippen molar-refractivity contribution < 1.29 is 4.79 Å². The van der Waals surface area contributed by atoms with Crippen LogP contribution in [0.2, 0.25) is 0 Å². The number of halogens is 1. The van der Waals surface area contributed by atoms with Crippen LogP contribution < -0.4 is 10.6 Å². The van der Waals surface area contributed by atoms with Crippen molar-refractivity contribution in [2.45, 2.75) is 26.3 Å². The lowest BCUT2D eigenvalue weighted by molar-refractivity contribution is -0.121. The fourth-order valence-corrected chi connectivity index (χ4v) is 2.38. The second kappa shape index (κ2) is 6.65. The van der Waals surface area contributed by atoms with Crippen LogP contribution in [0.15, 0.2) is 29.0 Å². The molecule has 2 rings (SSSR count). The molecule has 0 fully saturated rings. The number of anilines is 1. The number of nitrogens with zero attached hydrogens (tertiary/aromatic N) is 2. The Morgan fingerprint density at radius 2 is 2.25 bits per heavy atom. The Kier molecular flexibility index (Phi) is 4.89. The predicted molar refractivity (Wildman–Crippen MR) is 83.6 cm³/mol. The van der Waals surface area contributed by atoms with Crippen LogP contribution in [0.4, 0.5) is 5.82 Å². The molecule has 2 heterocycles. The molecule has 2 aromatic heterocycles. The fraction of sp³-hybridized carbons (Fsp3) is 0.357. The number of aromatic nitrogens is 2. The zero-order valence-electron chi connectivity index (χ0n) is 11.5. The van der Waals surface area contributed by atoms with Crippen LogP contribution in [-0.4, -0.2) is 28.5 Å². The van der Waals surface area contributed by atoms with Gasteiger partial charge in [-0.3, -0.25) is 9.78 Å².